The molecule has 1 rings (SSSR count). The molecule has 2 N–H and O–H groups in total. The van der Waals surface area contributed by atoms with Crippen molar-refractivity contribution in [3.8, 4) is 6.07 Å². The summed E-state index contributed by atoms with van der Waals surface area (Å²) in [4.78, 5) is 23.5. The number of aromatic nitrogens is 1. The summed E-state index contributed by atoms with van der Waals surface area (Å²) in [6.07, 6.45) is -3.07. The zero-order valence-corrected chi connectivity index (χ0v) is 8.05. The molecule has 0 atom stereocenters. The molecule has 0 bridgehead atoms. The van der Waals surface area contributed by atoms with Gasteiger partial charge in [0.15, 0.2) is 0 Å². The molecule has 0 aromatic carbocycles. The predicted octanol–water partition coefficient (Wildman–Crippen LogP) is 0.898. The Balaban J connectivity index is 3.65. The van der Waals surface area contributed by atoms with Gasteiger partial charge in [-0.15, -0.1) is 0 Å². The Morgan fingerprint density at radius 1 is 1.65 bits per heavy atom. The zero-order valence-electron chi connectivity index (χ0n) is 8.05. The fourth-order valence-electron chi connectivity index (χ4n) is 1.12. The van der Waals surface area contributed by atoms with Gasteiger partial charge in [-0.2, -0.15) is 5.26 Å². The van der Waals surface area contributed by atoms with E-state index in [0.717, 1.165) is 0 Å². The normalized spacial score (nSPS) is 10.0. The van der Waals surface area contributed by atoms with Crippen molar-refractivity contribution in [3.05, 3.63) is 33.1 Å². The Labute approximate surface area is 92.6 Å². The summed E-state index contributed by atoms with van der Waals surface area (Å²) in [5.41, 5.74) is 1.30. The molecule has 7 nitrogen and oxygen atoms in total. The average Bonchev–Trinajstić information content (AvgIpc) is 2.26. The Morgan fingerprint density at radius 2 is 2.24 bits per heavy atom. The summed E-state index contributed by atoms with van der Waals surface area (Å²) in [6, 6.07) is 1.78. The second kappa shape index (κ2) is 4.48. The van der Waals surface area contributed by atoms with E-state index in [1.165, 1.54) is 6.07 Å². The van der Waals surface area contributed by atoms with Crippen molar-refractivity contribution < 1.29 is 18.5 Å². The third-order valence-electron chi connectivity index (χ3n) is 1.79. The van der Waals surface area contributed by atoms with Crippen LogP contribution in [-0.2, 0) is 0 Å². The Morgan fingerprint density at radius 3 is 2.59 bits per heavy atom. The first kappa shape index (κ1) is 12.4. The number of nitrogens with two attached hydrogens (primary N) is 1. The van der Waals surface area contributed by atoms with Gasteiger partial charge in [-0.05, 0) is 6.07 Å². The van der Waals surface area contributed by atoms with Gasteiger partial charge in [0, 0.05) is 0 Å². The van der Waals surface area contributed by atoms with E-state index >= 15 is 0 Å². The van der Waals surface area contributed by atoms with Crippen molar-refractivity contribution in [1.82, 2.24) is 4.98 Å². The summed E-state index contributed by atoms with van der Waals surface area (Å²) in [7, 11) is 0. The summed E-state index contributed by atoms with van der Waals surface area (Å²) >= 11 is 0. The highest BCUT2D eigenvalue weighted by atomic mass is 19.3. The second-order valence-corrected chi connectivity index (χ2v) is 2.83. The highest BCUT2D eigenvalue weighted by Gasteiger charge is 2.28. The van der Waals surface area contributed by atoms with Gasteiger partial charge in [0.2, 0.25) is 5.69 Å². The third kappa shape index (κ3) is 2.31. The molecule has 1 amide bonds. The van der Waals surface area contributed by atoms with E-state index in [1.54, 1.807) is 0 Å². The van der Waals surface area contributed by atoms with Gasteiger partial charge < -0.3 is 5.73 Å². The number of halogens is 2. The molecule has 0 spiro atoms. The lowest BCUT2D eigenvalue weighted by atomic mass is 10.1. The molecule has 0 aliphatic heterocycles. The van der Waals surface area contributed by atoms with Gasteiger partial charge in [-0.1, -0.05) is 0 Å². The topological polar surface area (TPSA) is 123 Å². The SMILES string of the molecule is N#Cc1nc(C(F)F)cc(C(N)=O)c1[N+](=O)[O-]. The molecule has 0 saturated carbocycles. The number of hydrogen-bond donors (Lipinski definition) is 1. The Bertz CT molecular complexity index is 538. The van der Waals surface area contributed by atoms with E-state index < -0.39 is 39.9 Å². The van der Waals surface area contributed by atoms with E-state index in [1.807, 2.05) is 0 Å². The van der Waals surface area contributed by atoms with Crippen LogP contribution >= 0.6 is 0 Å². The number of nitriles is 1. The van der Waals surface area contributed by atoms with Crippen molar-refractivity contribution >= 4 is 11.6 Å². The number of primary amides is 1. The first-order valence-corrected chi connectivity index (χ1v) is 4.05. The molecule has 9 heteroatoms. The largest absolute Gasteiger partial charge is 0.365 e. The molecule has 0 fully saturated rings. The molecular weight excluding hydrogens is 238 g/mol. The molecule has 1 heterocycles. The lowest BCUT2D eigenvalue weighted by molar-refractivity contribution is -0.385. The number of amides is 1. The standard InChI is InChI=1S/C8H4F2N4O3/c9-7(10)4-1-3(8(12)15)6(14(16)17)5(2-11)13-4/h1,7H,(H2,12,15). The molecule has 1 aromatic heterocycles. The fraction of sp³-hybridized carbons (Fsp3) is 0.125. The molecule has 88 valence electrons. The smallest absolute Gasteiger partial charge is 0.318 e. The molecule has 17 heavy (non-hydrogen) atoms. The summed E-state index contributed by atoms with van der Waals surface area (Å²) in [5, 5.41) is 19.2. The lowest BCUT2D eigenvalue weighted by Crippen LogP contribution is -2.16. The average molecular weight is 242 g/mol. The number of nitrogens with zero attached hydrogens (tertiary/aromatic N) is 3. The Hall–Kier alpha value is -2.63. The van der Waals surface area contributed by atoms with Gasteiger partial charge in [0.05, 0.1) is 4.92 Å². The highest BCUT2D eigenvalue weighted by Crippen LogP contribution is 2.26. The third-order valence-corrected chi connectivity index (χ3v) is 1.79. The van der Waals surface area contributed by atoms with Crippen molar-refractivity contribution in [2.75, 3.05) is 0 Å². The van der Waals surface area contributed by atoms with Crippen LogP contribution in [-0.4, -0.2) is 15.8 Å². The van der Waals surface area contributed by atoms with Crippen LogP contribution in [0.5, 0.6) is 0 Å². The van der Waals surface area contributed by atoms with Crippen LogP contribution in [0.25, 0.3) is 0 Å². The zero-order chi connectivity index (χ0) is 13.2. The minimum atomic E-state index is -3.07. The predicted molar refractivity (Wildman–Crippen MR) is 49.1 cm³/mol. The van der Waals surface area contributed by atoms with Gasteiger partial charge in [-0.25, -0.2) is 13.8 Å². The lowest BCUT2D eigenvalue weighted by Gasteiger charge is -2.04. The summed E-state index contributed by atoms with van der Waals surface area (Å²) < 4.78 is 24.7. The quantitative estimate of drug-likeness (QED) is 0.622. The molecule has 0 aliphatic carbocycles. The van der Waals surface area contributed by atoms with Gasteiger partial charge in [-0.3, -0.25) is 14.9 Å². The molecule has 0 radical (unpaired) electrons. The van der Waals surface area contributed by atoms with E-state index in [4.69, 9.17) is 11.0 Å². The summed E-state index contributed by atoms with van der Waals surface area (Å²) in [5.74, 6) is -1.28. The maximum atomic E-state index is 12.4. The molecule has 0 unspecified atom stereocenters. The fourth-order valence-corrected chi connectivity index (χ4v) is 1.12. The highest BCUT2D eigenvalue weighted by molar-refractivity contribution is 5.97. The van der Waals surface area contributed by atoms with Crippen LogP contribution in [0.15, 0.2) is 6.07 Å². The van der Waals surface area contributed by atoms with E-state index in [-0.39, 0.29) is 0 Å². The van der Waals surface area contributed by atoms with E-state index in [9.17, 15) is 23.7 Å². The Kier molecular flexibility index (Phi) is 3.28. The minimum absolute atomic E-state index is 0.506. The monoisotopic (exact) mass is 242 g/mol. The molecule has 1 aromatic rings. The number of carbonyl (C=O) groups excluding carboxylic acids is 1. The minimum Gasteiger partial charge on any atom is -0.365 e. The van der Waals surface area contributed by atoms with Crippen LogP contribution in [0.3, 0.4) is 0 Å². The van der Waals surface area contributed by atoms with Crippen molar-refractivity contribution in [3.63, 3.8) is 0 Å². The number of carbonyl (C=O) groups is 1. The number of pyridine rings is 1. The van der Waals surface area contributed by atoms with Crippen LogP contribution in [0.1, 0.15) is 28.2 Å². The van der Waals surface area contributed by atoms with Crippen molar-refractivity contribution in [1.29, 1.82) is 5.26 Å². The van der Waals surface area contributed by atoms with Crippen LogP contribution in [0.4, 0.5) is 14.5 Å². The van der Waals surface area contributed by atoms with Crippen molar-refractivity contribution in [2.24, 2.45) is 5.73 Å². The summed E-state index contributed by atoms with van der Waals surface area (Å²) in [6.45, 7) is 0. The maximum absolute atomic E-state index is 12.4. The second-order valence-electron chi connectivity index (χ2n) is 2.83. The van der Waals surface area contributed by atoms with E-state index in [2.05, 4.69) is 4.98 Å². The molecule has 0 saturated heterocycles. The number of nitro groups is 1. The van der Waals surface area contributed by atoms with Crippen LogP contribution in [0, 0.1) is 21.4 Å². The molecular formula is C8H4F2N4O3. The van der Waals surface area contributed by atoms with Gasteiger partial charge in [0.25, 0.3) is 12.3 Å². The first-order valence-electron chi connectivity index (χ1n) is 4.05. The van der Waals surface area contributed by atoms with E-state index in [0.29, 0.717) is 6.07 Å². The van der Waals surface area contributed by atoms with Gasteiger partial charge in [0.1, 0.15) is 17.3 Å². The van der Waals surface area contributed by atoms with Crippen molar-refractivity contribution in [2.45, 2.75) is 6.43 Å². The molecule has 0 aliphatic rings. The number of hydrogen-bond acceptors (Lipinski definition) is 5. The number of alkyl halides is 2. The van der Waals surface area contributed by atoms with Gasteiger partial charge >= 0.3 is 5.69 Å². The maximum Gasteiger partial charge on any atom is 0.318 e. The number of rotatable bonds is 3. The first-order chi connectivity index (χ1) is 7.88. The van der Waals surface area contributed by atoms with Crippen LogP contribution in [0.2, 0.25) is 0 Å². The van der Waals surface area contributed by atoms with Crippen LogP contribution < -0.4 is 5.73 Å².